The molecule has 0 spiro atoms. The number of hydrogen-bond donors (Lipinski definition) is 2. The van der Waals surface area contributed by atoms with Gasteiger partial charge in [-0.25, -0.2) is 9.48 Å². The Morgan fingerprint density at radius 1 is 1.03 bits per heavy atom. The minimum Gasteiger partial charge on any atom is -0.508 e. The highest BCUT2D eigenvalue weighted by molar-refractivity contribution is 6.02. The maximum absolute atomic E-state index is 14.1. The molecule has 2 amide bonds. The first-order chi connectivity index (χ1) is 18.6. The minimum atomic E-state index is -1.09. The summed E-state index contributed by atoms with van der Waals surface area (Å²) in [4.78, 5) is 41.4. The van der Waals surface area contributed by atoms with E-state index in [4.69, 9.17) is 4.74 Å². The summed E-state index contributed by atoms with van der Waals surface area (Å²) in [7, 11) is 1.29. The highest BCUT2D eigenvalue weighted by Gasteiger charge is 2.35. The largest absolute Gasteiger partial charge is 0.508 e. The first-order valence-corrected chi connectivity index (χ1v) is 12.5. The van der Waals surface area contributed by atoms with E-state index in [0.29, 0.717) is 34.3 Å². The van der Waals surface area contributed by atoms with Crippen LogP contribution in [0.3, 0.4) is 0 Å². The average Bonchev–Trinajstić information content (AvgIpc) is 3.34. The zero-order valence-corrected chi connectivity index (χ0v) is 22.3. The zero-order chi connectivity index (χ0) is 28.2. The Bertz CT molecular complexity index is 1480. The predicted octanol–water partition coefficient (Wildman–Crippen LogP) is 4.00. The van der Waals surface area contributed by atoms with E-state index in [0.717, 1.165) is 0 Å². The second-order valence-corrected chi connectivity index (χ2v) is 9.76. The lowest BCUT2D eigenvalue weighted by Gasteiger charge is -2.34. The number of aromatic nitrogens is 3. The Labute approximate surface area is 226 Å². The van der Waals surface area contributed by atoms with E-state index in [1.54, 1.807) is 30.3 Å². The molecular formula is C29H31N5O5. The summed E-state index contributed by atoms with van der Waals surface area (Å²) in [5.41, 5.74) is 1.94. The summed E-state index contributed by atoms with van der Waals surface area (Å²) in [6.07, 6.45) is 0.660. The van der Waals surface area contributed by atoms with Gasteiger partial charge in [-0.1, -0.05) is 36.4 Å². The van der Waals surface area contributed by atoms with E-state index < -0.39 is 29.4 Å². The predicted molar refractivity (Wildman–Crippen MR) is 146 cm³/mol. The van der Waals surface area contributed by atoms with Crippen LogP contribution in [0.25, 0.3) is 11.0 Å². The molecule has 0 saturated carbocycles. The maximum Gasteiger partial charge on any atom is 0.337 e. The van der Waals surface area contributed by atoms with Crippen LogP contribution in [-0.2, 0) is 20.9 Å². The Balaban J connectivity index is 1.83. The number of methoxy groups -OCH3 is 1. The molecule has 1 heterocycles. The van der Waals surface area contributed by atoms with Crippen molar-refractivity contribution in [2.24, 2.45) is 0 Å². The maximum atomic E-state index is 14.1. The van der Waals surface area contributed by atoms with Gasteiger partial charge in [0.1, 0.15) is 23.9 Å². The van der Waals surface area contributed by atoms with E-state index in [-0.39, 0.29) is 12.3 Å². The molecule has 10 heteroatoms. The fraction of sp³-hybridized carbons (Fsp3) is 0.276. The quantitative estimate of drug-likeness (QED) is 0.314. The number of aromatic hydroxyl groups is 1. The van der Waals surface area contributed by atoms with Crippen molar-refractivity contribution >= 4 is 34.5 Å². The van der Waals surface area contributed by atoms with Gasteiger partial charge in [-0.15, -0.1) is 5.10 Å². The number of ether oxygens (including phenoxy) is 1. The van der Waals surface area contributed by atoms with Crippen LogP contribution >= 0.6 is 0 Å². The number of carbonyl (C=O) groups is 3. The number of rotatable bonds is 9. The van der Waals surface area contributed by atoms with Gasteiger partial charge in [0.25, 0.3) is 0 Å². The topological polar surface area (TPSA) is 127 Å². The van der Waals surface area contributed by atoms with Crippen molar-refractivity contribution in [3.8, 4) is 5.75 Å². The molecule has 1 atom stereocenters. The number of anilines is 1. The summed E-state index contributed by atoms with van der Waals surface area (Å²) in [6, 6.07) is 18.6. The average molecular weight is 530 g/mol. The lowest BCUT2D eigenvalue weighted by Crippen LogP contribution is -2.51. The van der Waals surface area contributed by atoms with E-state index in [1.807, 2.05) is 39.0 Å². The van der Waals surface area contributed by atoms with Crippen LogP contribution < -0.4 is 10.2 Å². The molecular weight excluding hydrogens is 498 g/mol. The van der Waals surface area contributed by atoms with Crippen molar-refractivity contribution in [3.63, 3.8) is 0 Å². The van der Waals surface area contributed by atoms with Gasteiger partial charge in [-0.2, -0.15) is 0 Å². The lowest BCUT2D eigenvalue weighted by molar-refractivity contribution is -0.128. The number of fused-ring (bicyclic) bond motifs is 1. The van der Waals surface area contributed by atoms with Gasteiger partial charge in [-0.05, 0) is 74.4 Å². The van der Waals surface area contributed by atoms with E-state index in [2.05, 4.69) is 15.6 Å². The molecule has 0 aliphatic rings. The minimum absolute atomic E-state index is 0.0289. The van der Waals surface area contributed by atoms with Crippen LogP contribution in [0.5, 0.6) is 5.75 Å². The van der Waals surface area contributed by atoms with Crippen LogP contribution in [0.1, 0.15) is 49.2 Å². The van der Waals surface area contributed by atoms with Crippen molar-refractivity contribution in [1.82, 2.24) is 20.3 Å². The van der Waals surface area contributed by atoms with Gasteiger partial charge >= 0.3 is 5.97 Å². The SMILES string of the molecule is CCC(C)(C)NC(=O)[C@@H](c1ccc(O)cc1)N(C(=O)Cn1nnc2ccccc21)c1ccc(C(=O)OC)cc1. The molecule has 0 saturated heterocycles. The number of carbonyl (C=O) groups excluding carboxylic acids is 3. The second kappa shape index (κ2) is 11.3. The third-order valence-corrected chi connectivity index (χ3v) is 6.60. The summed E-state index contributed by atoms with van der Waals surface area (Å²) in [6.45, 7) is 5.56. The molecule has 2 N–H and O–H groups in total. The molecule has 0 radical (unpaired) electrons. The molecule has 4 aromatic rings. The number of phenols is 1. The van der Waals surface area contributed by atoms with E-state index in [1.165, 1.54) is 41.0 Å². The molecule has 10 nitrogen and oxygen atoms in total. The lowest BCUT2D eigenvalue weighted by atomic mass is 9.98. The number of phenolic OH excluding ortho intramolecular Hbond substituents is 1. The van der Waals surface area contributed by atoms with E-state index in [9.17, 15) is 19.5 Å². The molecule has 4 rings (SSSR count). The van der Waals surface area contributed by atoms with Gasteiger partial charge in [-0.3, -0.25) is 14.5 Å². The number of para-hydroxylation sites is 1. The summed E-state index contributed by atoms with van der Waals surface area (Å²) in [5, 5.41) is 21.2. The highest BCUT2D eigenvalue weighted by Crippen LogP contribution is 2.31. The van der Waals surface area contributed by atoms with Crippen molar-refractivity contribution in [2.75, 3.05) is 12.0 Å². The third kappa shape index (κ3) is 6.06. The van der Waals surface area contributed by atoms with Gasteiger partial charge in [0, 0.05) is 11.2 Å². The number of amides is 2. The molecule has 0 bridgehead atoms. The number of esters is 1. The monoisotopic (exact) mass is 529 g/mol. The molecule has 0 fully saturated rings. The van der Waals surface area contributed by atoms with Crippen LogP contribution in [0.2, 0.25) is 0 Å². The summed E-state index contributed by atoms with van der Waals surface area (Å²) < 4.78 is 6.28. The van der Waals surface area contributed by atoms with Gasteiger partial charge in [0.05, 0.1) is 18.2 Å². The van der Waals surface area contributed by atoms with Crippen LogP contribution in [-0.4, -0.2) is 50.5 Å². The Morgan fingerprint density at radius 2 is 1.69 bits per heavy atom. The van der Waals surface area contributed by atoms with Gasteiger partial charge < -0.3 is 15.2 Å². The Hall–Kier alpha value is -4.73. The van der Waals surface area contributed by atoms with Crippen molar-refractivity contribution in [2.45, 2.75) is 45.3 Å². The fourth-order valence-electron chi connectivity index (χ4n) is 4.12. The van der Waals surface area contributed by atoms with Crippen LogP contribution in [0.15, 0.2) is 72.8 Å². The summed E-state index contributed by atoms with van der Waals surface area (Å²) in [5.74, 6) is -1.33. The summed E-state index contributed by atoms with van der Waals surface area (Å²) >= 11 is 0. The van der Waals surface area contributed by atoms with Crippen molar-refractivity contribution in [1.29, 1.82) is 0 Å². The Kier molecular flexibility index (Phi) is 7.94. The second-order valence-electron chi connectivity index (χ2n) is 9.76. The van der Waals surface area contributed by atoms with Crippen molar-refractivity contribution < 1.29 is 24.2 Å². The molecule has 1 aromatic heterocycles. The molecule has 202 valence electrons. The molecule has 0 aliphatic heterocycles. The van der Waals surface area contributed by atoms with Gasteiger partial charge in [0.2, 0.25) is 11.8 Å². The zero-order valence-electron chi connectivity index (χ0n) is 22.3. The molecule has 3 aromatic carbocycles. The smallest absolute Gasteiger partial charge is 0.337 e. The fourth-order valence-corrected chi connectivity index (χ4v) is 4.12. The molecule has 39 heavy (non-hydrogen) atoms. The van der Waals surface area contributed by atoms with Crippen LogP contribution in [0.4, 0.5) is 5.69 Å². The standard InChI is InChI=1S/C29H31N5O5/c1-5-29(2,3)30-27(37)26(19-12-16-22(35)17-13-19)34(21-14-10-20(11-15-21)28(38)39-4)25(36)18-33-24-9-7-6-8-23(24)31-32-33/h6-17,26,35H,5,18H2,1-4H3,(H,30,37)/t26-/m1/s1. The number of hydrogen-bond acceptors (Lipinski definition) is 7. The van der Waals surface area contributed by atoms with Crippen molar-refractivity contribution in [3.05, 3.63) is 83.9 Å². The molecule has 0 aliphatic carbocycles. The third-order valence-electron chi connectivity index (χ3n) is 6.60. The molecule has 0 unspecified atom stereocenters. The van der Waals surface area contributed by atoms with E-state index >= 15 is 0 Å². The number of nitrogens with one attached hydrogen (secondary N) is 1. The van der Waals surface area contributed by atoms with Crippen LogP contribution in [0, 0.1) is 0 Å². The number of benzene rings is 3. The normalized spacial score (nSPS) is 12.1. The van der Waals surface area contributed by atoms with Gasteiger partial charge in [0.15, 0.2) is 0 Å². The first kappa shape index (κ1) is 27.3. The number of nitrogens with zero attached hydrogens (tertiary/aromatic N) is 4. The highest BCUT2D eigenvalue weighted by atomic mass is 16.5. The first-order valence-electron chi connectivity index (χ1n) is 12.5. The Morgan fingerprint density at radius 3 is 2.33 bits per heavy atom.